The summed E-state index contributed by atoms with van der Waals surface area (Å²) in [6.07, 6.45) is 5.67. The Balaban J connectivity index is 1.14. The molecule has 0 saturated carbocycles. The monoisotopic (exact) mass is 460 g/mol. The Bertz CT molecular complexity index is 1070. The lowest BCUT2D eigenvalue weighted by Gasteiger charge is -2.40. The summed E-state index contributed by atoms with van der Waals surface area (Å²) >= 11 is 12.0. The summed E-state index contributed by atoms with van der Waals surface area (Å²) in [6, 6.07) is 5.14. The standard InChI is InChI=1S/C19H18Cl2N8O2/c20-13-1-2-17(15(21)5-13)31-18-7-22-16(6-23-18)12-8-28(9-12)19(30)27-4-3-14(10-27)29-11-24-25-26-29/h1-2,5-7,11-12,14H,3-4,8-10H2. The van der Waals surface area contributed by atoms with Gasteiger partial charge in [0, 0.05) is 37.1 Å². The molecule has 5 rings (SSSR count). The van der Waals surface area contributed by atoms with E-state index in [-0.39, 0.29) is 18.0 Å². The van der Waals surface area contributed by atoms with Gasteiger partial charge in [0.2, 0.25) is 5.88 Å². The predicted molar refractivity (Wildman–Crippen MR) is 111 cm³/mol. The van der Waals surface area contributed by atoms with E-state index in [1.807, 2.05) is 9.80 Å². The number of hydrogen-bond donors (Lipinski definition) is 0. The Kier molecular flexibility index (Phi) is 5.33. The lowest BCUT2D eigenvalue weighted by Crippen LogP contribution is -2.53. The summed E-state index contributed by atoms with van der Waals surface area (Å²) < 4.78 is 7.38. The molecule has 0 radical (unpaired) electrons. The summed E-state index contributed by atoms with van der Waals surface area (Å²) in [5.74, 6) is 0.951. The molecule has 1 aromatic carbocycles. The number of tetrazole rings is 1. The number of ether oxygens (including phenoxy) is 1. The van der Waals surface area contributed by atoms with Crippen LogP contribution < -0.4 is 4.74 Å². The maximum Gasteiger partial charge on any atom is 0.320 e. The van der Waals surface area contributed by atoms with E-state index in [0.29, 0.717) is 47.9 Å². The van der Waals surface area contributed by atoms with Gasteiger partial charge in [0.15, 0.2) is 0 Å². The van der Waals surface area contributed by atoms with E-state index in [1.165, 1.54) is 0 Å². The van der Waals surface area contributed by atoms with Crippen molar-refractivity contribution in [1.29, 1.82) is 0 Å². The molecule has 12 heteroatoms. The number of aromatic nitrogens is 6. The molecule has 2 fully saturated rings. The maximum atomic E-state index is 12.7. The fourth-order valence-corrected chi connectivity index (χ4v) is 4.20. The summed E-state index contributed by atoms with van der Waals surface area (Å²) in [5.41, 5.74) is 0.826. The van der Waals surface area contributed by atoms with Gasteiger partial charge in [0.05, 0.1) is 29.2 Å². The molecule has 2 aliphatic rings. The van der Waals surface area contributed by atoms with Gasteiger partial charge in [0.1, 0.15) is 12.1 Å². The smallest absolute Gasteiger partial charge is 0.320 e. The average Bonchev–Trinajstić information content (AvgIpc) is 3.41. The predicted octanol–water partition coefficient (Wildman–Crippen LogP) is 3.03. The van der Waals surface area contributed by atoms with Crippen LogP contribution in [-0.4, -0.2) is 72.2 Å². The van der Waals surface area contributed by atoms with Crippen LogP contribution in [0.15, 0.2) is 36.9 Å². The van der Waals surface area contributed by atoms with Gasteiger partial charge in [-0.25, -0.2) is 14.5 Å². The summed E-state index contributed by atoms with van der Waals surface area (Å²) in [4.78, 5) is 25.2. The van der Waals surface area contributed by atoms with Crippen molar-refractivity contribution in [1.82, 2.24) is 40.0 Å². The molecule has 0 N–H and O–H groups in total. The minimum atomic E-state index is 0.0390. The second-order valence-electron chi connectivity index (χ2n) is 7.52. The Labute approximate surface area is 187 Å². The molecule has 3 aromatic rings. The molecule has 31 heavy (non-hydrogen) atoms. The highest BCUT2D eigenvalue weighted by Gasteiger charge is 2.38. The molecule has 0 spiro atoms. The number of rotatable bonds is 4. The third-order valence-electron chi connectivity index (χ3n) is 5.50. The quantitative estimate of drug-likeness (QED) is 0.589. The molecular weight excluding hydrogens is 443 g/mol. The summed E-state index contributed by atoms with van der Waals surface area (Å²) in [6.45, 7) is 2.54. The lowest BCUT2D eigenvalue weighted by molar-refractivity contribution is 0.119. The van der Waals surface area contributed by atoms with E-state index in [1.54, 1.807) is 41.6 Å². The highest BCUT2D eigenvalue weighted by molar-refractivity contribution is 6.35. The molecule has 0 bridgehead atoms. The van der Waals surface area contributed by atoms with Crippen molar-refractivity contribution in [2.75, 3.05) is 26.2 Å². The molecule has 4 heterocycles. The minimum Gasteiger partial charge on any atom is -0.436 e. The Morgan fingerprint density at radius 1 is 1.10 bits per heavy atom. The van der Waals surface area contributed by atoms with E-state index >= 15 is 0 Å². The molecule has 1 atom stereocenters. The van der Waals surface area contributed by atoms with Crippen LogP contribution in [0, 0.1) is 0 Å². The van der Waals surface area contributed by atoms with Crippen molar-refractivity contribution in [2.45, 2.75) is 18.4 Å². The van der Waals surface area contributed by atoms with Crippen molar-refractivity contribution in [3.8, 4) is 11.6 Å². The van der Waals surface area contributed by atoms with Gasteiger partial charge in [0.25, 0.3) is 0 Å². The van der Waals surface area contributed by atoms with Gasteiger partial charge in [-0.2, -0.15) is 0 Å². The van der Waals surface area contributed by atoms with Crippen molar-refractivity contribution in [3.05, 3.63) is 52.7 Å². The van der Waals surface area contributed by atoms with Crippen molar-refractivity contribution in [3.63, 3.8) is 0 Å². The molecule has 2 aliphatic heterocycles. The highest BCUT2D eigenvalue weighted by atomic mass is 35.5. The first kappa shape index (κ1) is 20.0. The van der Waals surface area contributed by atoms with Crippen LogP contribution in [0.4, 0.5) is 4.79 Å². The van der Waals surface area contributed by atoms with Crippen LogP contribution in [0.25, 0.3) is 0 Å². The van der Waals surface area contributed by atoms with Gasteiger partial charge in [-0.3, -0.25) is 4.98 Å². The first-order chi connectivity index (χ1) is 15.1. The molecule has 10 nitrogen and oxygen atoms in total. The van der Waals surface area contributed by atoms with E-state index in [9.17, 15) is 4.79 Å². The molecule has 2 saturated heterocycles. The Morgan fingerprint density at radius 3 is 2.68 bits per heavy atom. The molecule has 160 valence electrons. The second-order valence-corrected chi connectivity index (χ2v) is 8.36. The van der Waals surface area contributed by atoms with Crippen LogP contribution in [0.1, 0.15) is 24.1 Å². The van der Waals surface area contributed by atoms with Crippen LogP contribution in [0.2, 0.25) is 10.0 Å². The minimum absolute atomic E-state index is 0.0390. The Morgan fingerprint density at radius 2 is 1.97 bits per heavy atom. The topological polar surface area (TPSA) is 102 Å². The van der Waals surface area contributed by atoms with Crippen molar-refractivity contribution in [2.24, 2.45) is 0 Å². The number of halogens is 2. The Hall–Kier alpha value is -2.98. The van der Waals surface area contributed by atoms with Crippen LogP contribution in [-0.2, 0) is 0 Å². The zero-order valence-electron chi connectivity index (χ0n) is 16.3. The van der Waals surface area contributed by atoms with Gasteiger partial charge >= 0.3 is 6.03 Å². The number of benzene rings is 1. The van der Waals surface area contributed by atoms with Crippen LogP contribution in [0.5, 0.6) is 11.6 Å². The van der Waals surface area contributed by atoms with Crippen LogP contribution >= 0.6 is 23.2 Å². The third kappa shape index (κ3) is 4.13. The first-order valence-corrected chi connectivity index (χ1v) is 10.5. The molecular formula is C19H18Cl2N8O2. The maximum absolute atomic E-state index is 12.7. The number of amides is 2. The van der Waals surface area contributed by atoms with Crippen LogP contribution in [0.3, 0.4) is 0 Å². The third-order valence-corrected chi connectivity index (χ3v) is 6.03. The molecule has 0 aliphatic carbocycles. The van der Waals surface area contributed by atoms with E-state index in [4.69, 9.17) is 27.9 Å². The lowest BCUT2D eigenvalue weighted by atomic mass is 9.97. The number of carbonyl (C=O) groups is 1. The van der Waals surface area contributed by atoms with E-state index < -0.39 is 0 Å². The zero-order valence-corrected chi connectivity index (χ0v) is 17.8. The summed E-state index contributed by atoms with van der Waals surface area (Å²) in [7, 11) is 0. The average molecular weight is 461 g/mol. The van der Waals surface area contributed by atoms with E-state index in [2.05, 4.69) is 25.5 Å². The number of urea groups is 1. The number of likely N-dealkylation sites (tertiary alicyclic amines) is 2. The zero-order chi connectivity index (χ0) is 21.4. The SMILES string of the molecule is O=C(N1CC(c2cnc(Oc3ccc(Cl)cc3Cl)cn2)C1)N1CCC(n2cnnn2)C1. The largest absolute Gasteiger partial charge is 0.436 e. The first-order valence-electron chi connectivity index (χ1n) is 9.78. The fraction of sp³-hybridized carbons (Fsp3) is 0.368. The highest BCUT2D eigenvalue weighted by Crippen LogP contribution is 2.32. The summed E-state index contributed by atoms with van der Waals surface area (Å²) in [5, 5.41) is 12.2. The fourth-order valence-electron chi connectivity index (χ4n) is 3.75. The molecule has 2 amide bonds. The van der Waals surface area contributed by atoms with Crippen molar-refractivity contribution >= 4 is 29.2 Å². The molecule has 1 unspecified atom stereocenters. The van der Waals surface area contributed by atoms with Gasteiger partial charge in [-0.1, -0.05) is 23.2 Å². The number of carbonyl (C=O) groups excluding carboxylic acids is 1. The van der Waals surface area contributed by atoms with Crippen molar-refractivity contribution < 1.29 is 9.53 Å². The number of nitrogens with zero attached hydrogens (tertiary/aromatic N) is 8. The van der Waals surface area contributed by atoms with E-state index in [0.717, 1.165) is 12.1 Å². The number of hydrogen-bond acceptors (Lipinski definition) is 7. The molecule has 2 aromatic heterocycles. The van der Waals surface area contributed by atoms with Gasteiger partial charge in [-0.15, -0.1) is 5.10 Å². The second kappa shape index (κ2) is 8.27. The van der Waals surface area contributed by atoms with Gasteiger partial charge < -0.3 is 14.5 Å². The normalized spacial score (nSPS) is 18.8. The van der Waals surface area contributed by atoms with Gasteiger partial charge in [-0.05, 0) is 35.0 Å².